The number of benzene rings is 2. The molecule has 0 radical (unpaired) electrons. The second-order valence-electron chi connectivity index (χ2n) is 8.77. The second kappa shape index (κ2) is 10.9. The van der Waals surface area contributed by atoms with Crippen LogP contribution in [0, 0.1) is 19.8 Å². The average Bonchev–Trinajstić information content (AvgIpc) is 3.17. The van der Waals surface area contributed by atoms with Crippen molar-refractivity contribution in [2.45, 2.75) is 45.1 Å². The standard InChI is InChI=1S/C25H30ClN3O4S2/c1-4-33-13-12-29-22-15-17(2)14-18(3)23(22)34-25(29)27-24(30)19-6-5-11-28(16-19)35(31,32)21-9-7-20(26)8-10-21/h7-10,14-15,19H,4-6,11-13,16H2,1-3H3. The highest BCUT2D eigenvalue weighted by molar-refractivity contribution is 7.89. The minimum absolute atomic E-state index is 0.120. The number of amides is 1. The van der Waals surface area contributed by atoms with Crippen LogP contribution in [0.5, 0.6) is 0 Å². The lowest BCUT2D eigenvalue weighted by molar-refractivity contribution is -0.122. The molecule has 2 aromatic carbocycles. The molecule has 1 saturated heterocycles. The van der Waals surface area contributed by atoms with Crippen molar-refractivity contribution in [1.82, 2.24) is 8.87 Å². The Morgan fingerprint density at radius 3 is 2.69 bits per heavy atom. The van der Waals surface area contributed by atoms with Crippen molar-refractivity contribution in [3.8, 4) is 0 Å². The van der Waals surface area contributed by atoms with E-state index in [1.165, 1.54) is 27.8 Å². The highest BCUT2D eigenvalue weighted by Crippen LogP contribution is 2.26. The van der Waals surface area contributed by atoms with E-state index in [0.717, 1.165) is 21.3 Å². The van der Waals surface area contributed by atoms with Gasteiger partial charge in [0.1, 0.15) is 0 Å². The summed E-state index contributed by atoms with van der Waals surface area (Å²) in [5.41, 5.74) is 3.32. The fourth-order valence-electron chi connectivity index (χ4n) is 4.42. The van der Waals surface area contributed by atoms with Gasteiger partial charge in [-0.3, -0.25) is 4.79 Å². The molecule has 0 aliphatic carbocycles. The van der Waals surface area contributed by atoms with Crippen molar-refractivity contribution < 1.29 is 17.9 Å². The van der Waals surface area contributed by atoms with E-state index in [1.54, 1.807) is 12.1 Å². The van der Waals surface area contributed by atoms with E-state index < -0.39 is 15.9 Å². The number of hydrogen-bond acceptors (Lipinski definition) is 5. The quantitative estimate of drug-likeness (QED) is 0.416. The number of nitrogens with zero attached hydrogens (tertiary/aromatic N) is 3. The molecule has 1 atom stereocenters. The Balaban J connectivity index is 1.64. The number of carbonyl (C=O) groups excluding carboxylic acids is 1. The maximum atomic E-state index is 13.3. The smallest absolute Gasteiger partial charge is 0.252 e. The number of ether oxygens (including phenoxy) is 1. The van der Waals surface area contributed by atoms with Crippen LogP contribution in [0.4, 0.5) is 0 Å². The summed E-state index contributed by atoms with van der Waals surface area (Å²) in [5, 5.41) is 0.473. The summed E-state index contributed by atoms with van der Waals surface area (Å²) in [6.07, 6.45) is 1.21. The van der Waals surface area contributed by atoms with E-state index in [-0.39, 0.29) is 17.3 Å². The summed E-state index contributed by atoms with van der Waals surface area (Å²) in [5.74, 6) is -0.772. The molecule has 3 aromatic rings. The molecule has 0 spiro atoms. The maximum absolute atomic E-state index is 13.3. The van der Waals surface area contributed by atoms with E-state index in [4.69, 9.17) is 16.3 Å². The van der Waals surface area contributed by atoms with Crippen LogP contribution in [0.15, 0.2) is 46.3 Å². The average molecular weight is 536 g/mol. The molecular formula is C25H30ClN3O4S2. The number of thiazole rings is 1. The van der Waals surface area contributed by atoms with Gasteiger partial charge in [-0.1, -0.05) is 29.0 Å². The molecule has 1 aliphatic rings. The number of halogens is 1. The van der Waals surface area contributed by atoms with Crippen LogP contribution in [-0.4, -0.2) is 49.5 Å². The van der Waals surface area contributed by atoms with Gasteiger partial charge in [-0.05, 0) is 75.1 Å². The molecule has 35 heavy (non-hydrogen) atoms. The Morgan fingerprint density at radius 1 is 1.23 bits per heavy atom. The van der Waals surface area contributed by atoms with Crippen LogP contribution in [-0.2, 0) is 26.1 Å². The lowest BCUT2D eigenvalue weighted by Gasteiger charge is -2.30. The predicted molar refractivity (Wildman–Crippen MR) is 139 cm³/mol. The summed E-state index contributed by atoms with van der Waals surface area (Å²) in [4.78, 5) is 18.6. The van der Waals surface area contributed by atoms with E-state index in [9.17, 15) is 13.2 Å². The zero-order chi connectivity index (χ0) is 25.2. The summed E-state index contributed by atoms with van der Waals surface area (Å²) in [6, 6.07) is 10.3. The number of rotatable bonds is 7. The topological polar surface area (TPSA) is 81.0 Å². The first kappa shape index (κ1) is 26.0. The minimum Gasteiger partial charge on any atom is -0.380 e. The summed E-state index contributed by atoms with van der Waals surface area (Å²) in [7, 11) is -3.71. The fourth-order valence-corrected chi connectivity index (χ4v) is 7.18. The molecule has 7 nitrogen and oxygen atoms in total. The SMILES string of the molecule is CCOCCn1c(=NC(=O)C2CCCN(S(=O)(=O)c3ccc(Cl)cc3)C2)sc2c(C)cc(C)cc21. The first-order valence-corrected chi connectivity index (χ1v) is 14.4. The molecule has 188 valence electrons. The molecule has 10 heteroatoms. The lowest BCUT2D eigenvalue weighted by atomic mass is 9.99. The Labute approximate surface area is 215 Å². The number of piperidine rings is 1. The van der Waals surface area contributed by atoms with E-state index in [2.05, 4.69) is 31.0 Å². The van der Waals surface area contributed by atoms with Crippen molar-refractivity contribution in [3.05, 3.63) is 57.3 Å². The minimum atomic E-state index is -3.71. The number of aromatic nitrogens is 1. The van der Waals surface area contributed by atoms with E-state index in [0.29, 0.717) is 49.0 Å². The molecule has 4 rings (SSSR count). The van der Waals surface area contributed by atoms with Gasteiger partial charge < -0.3 is 9.30 Å². The highest BCUT2D eigenvalue weighted by Gasteiger charge is 2.33. The molecule has 2 heterocycles. The van der Waals surface area contributed by atoms with Gasteiger partial charge in [-0.15, -0.1) is 0 Å². The normalized spacial score (nSPS) is 17.8. The van der Waals surface area contributed by atoms with Gasteiger partial charge in [0, 0.05) is 31.3 Å². The van der Waals surface area contributed by atoms with Crippen LogP contribution in [0.2, 0.25) is 5.02 Å². The Bertz CT molecular complexity index is 1390. The predicted octanol–water partition coefficient (Wildman–Crippen LogP) is 4.54. The van der Waals surface area contributed by atoms with Crippen LogP contribution < -0.4 is 4.80 Å². The number of carbonyl (C=O) groups is 1. The third-order valence-electron chi connectivity index (χ3n) is 6.17. The van der Waals surface area contributed by atoms with Crippen molar-refractivity contribution in [1.29, 1.82) is 0 Å². The molecule has 0 N–H and O–H groups in total. The maximum Gasteiger partial charge on any atom is 0.252 e. The number of aryl methyl sites for hydroxylation is 2. The molecule has 1 amide bonds. The van der Waals surface area contributed by atoms with Crippen LogP contribution in [0.25, 0.3) is 10.2 Å². The molecule has 0 saturated carbocycles. The van der Waals surface area contributed by atoms with Crippen molar-refractivity contribution >= 4 is 49.1 Å². The van der Waals surface area contributed by atoms with Crippen molar-refractivity contribution in [3.63, 3.8) is 0 Å². The first-order chi connectivity index (χ1) is 16.7. The van der Waals surface area contributed by atoms with Crippen LogP contribution in [0.3, 0.4) is 0 Å². The zero-order valence-corrected chi connectivity index (χ0v) is 22.5. The van der Waals surface area contributed by atoms with Gasteiger partial charge in [0.05, 0.1) is 27.6 Å². The largest absolute Gasteiger partial charge is 0.380 e. The third-order valence-corrected chi connectivity index (χ3v) is 9.53. The van der Waals surface area contributed by atoms with Gasteiger partial charge in [0.25, 0.3) is 5.91 Å². The van der Waals surface area contributed by atoms with Crippen molar-refractivity contribution in [2.24, 2.45) is 10.9 Å². The number of sulfonamides is 1. The van der Waals surface area contributed by atoms with E-state index in [1.807, 2.05) is 11.5 Å². The van der Waals surface area contributed by atoms with Crippen LogP contribution >= 0.6 is 22.9 Å². The van der Waals surface area contributed by atoms with Gasteiger partial charge >= 0.3 is 0 Å². The zero-order valence-electron chi connectivity index (χ0n) is 20.2. The molecule has 1 fully saturated rings. The van der Waals surface area contributed by atoms with Crippen LogP contribution in [0.1, 0.15) is 30.9 Å². The molecule has 1 unspecified atom stereocenters. The number of hydrogen-bond donors (Lipinski definition) is 0. The number of fused-ring (bicyclic) bond motifs is 1. The van der Waals surface area contributed by atoms with Gasteiger partial charge in [-0.2, -0.15) is 9.30 Å². The Kier molecular flexibility index (Phi) is 8.12. The first-order valence-electron chi connectivity index (χ1n) is 11.7. The molecule has 0 bridgehead atoms. The monoisotopic (exact) mass is 535 g/mol. The van der Waals surface area contributed by atoms with E-state index >= 15 is 0 Å². The Morgan fingerprint density at radius 2 is 1.97 bits per heavy atom. The molecule has 1 aliphatic heterocycles. The summed E-state index contributed by atoms with van der Waals surface area (Å²) in [6.45, 7) is 8.29. The molecular weight excluding hydrogens is 506 g/mol. The molecule has 1 aromatic heterocycles. The third kappa shape index (κ3) is 5.70. The lowest BCUT2D eigenvalue weighted by Crippen LogP contribution is -2.42. The highest BCUT2D eigenvalue weighted by atomic mass is 35.5. The summed E-state index contributed by atoms with van der Waals surface area (Å²) < 4.78 is 36.4. The van der Waals surface area contributed by atoms with Crippen molar-refractivity contribution in [2.75, 3.05) is 26.3 Å². The second-order valence-corrected chi connectivity index (χ2v) is 12.1. The Hall–Kier alpha value is -2.04. The fraction of sp³-hybridized carbons (Fsp3) is 0.440. The van der Waals surface area contributed by atoms with Gasteiger partial charge in [0.2, 0.25) is 10.0 Å². The van der Waals surface area contributed by atoms with Gasteiger partial charge in [0.15, 0.2) is 4.80 Å². The van der Waals surface area contributed by atoms with Gasteiger partial charge in [-0.25, -0.2) is 8.42 Å². The summed E-state index contributed by atoms with van der Waals surface area (Å²) >= 11 is 7.40.